The Morgan fingerprint density at radius 3 is 2.50 bits per heavy atom. The fourth-order valence-corrected chi connectivity index (χ4v) is 3.58. The molecule has 1 atom stereocenters. The van der Waals surface area contributed by atoms with E-state index in [1.54, 1.807) is 0 Å². The average Bonchev–Trinajstić information content (AvgIpc) is 2.29. The molecule has 1 saturated heterocycles. The van der Waals surface area contributed by atoms with Gasteiger partial charge in [-0.2, -0.15) is 11.8 Å². The minimum absolute atomic E-state index is 0.467. The summed E-state index contributed by atoms with van der Waals surface area (Å²) in [5, 5.41) is 14.0. The first kappa shape index (κ1) is 14.3. The van der Waals surface area contributed by atoms with Crippen molar-refractivity contribution in [3.8, 4) is 0 Å². The van der Waals surface area contributed by atoms with E-state index in [-0.39, 0.29) is 0 Å². The van der Waals surface area contributed by atoms with Crippen molar-refractivity contribution in [1.82, 2.24) is 5.32 Å². The van der Waals surface area contributed by atoms with Crippen molar-refractivity contribution in [2.75, 3.05) is 18.1 Å². The average molecular weight is 245 g/mol. The van der Waals surface area contributed by atoms with E-state index in [4.69, 9.17) is 0 Å². The lowest BCUT2D eigenvalue weighted by molar-refractivity contribution is 0.0195. The van der Waals surface area contributed by atoms with Crippen LogP contribution in [0.4, 0.5) is 0 Å². The third-order valence-electron chi connectivity index (χ3n) is 3.31. The van der Waals surface area contributed by atoms with Gasteiger partial charge in [-0.1, -0.05) is 26.7 Å². The first-order valence-corrected chi connectivity index (χ1v) is 7.89. The van der Waals surface area contributed by atoms with Gasteiger partial charge in [0.25, 0.3) is 0 Å². The van der Waals surface area contributed by atoms with E-state index in [0.29, 0.717) is 6.04 Å². The van der Waals surface area contributed by atoms with Crippen LogP contribution in [0.1, 0.15) is 52.4 Å². The topological polar surface area (TPSA) is 32.3 Å². The van der Waals surface area contributed by atoms with E-state index in [9.17, 15) is 5.11 Å². The van der Waals surface area contributed by atoms with Crippen molar-refractivity contribution in [2.24, 2.45) is 0 Å². The molecule has 0 aliphatic carbocycles. The molecule has 0 amide bonds. The summed E-state index contributed by atoms with van der Waals surface area (Å²) >= 11 is 2.04. The summed E-state index contributed by atoms with van der Waals surface area (Å²) in [6, 6.07) is 0.624. The lowest BCUT2D eigenvalue weighted by Gasteiger charge is -2.31. The highest BCUT2D eigenvalue weighted by Crippen LogP contribution is 2.21. The van der Waals surface area contributed by atoms with Crippen molar-refractivity contribution < 1.29 is 5.11 Å². The number of thioether (sulfide) groups is 1. The van der Waals surface area contributed by atoms with Gasteiger partial charge in [0.15, 0.2) is 0 Å². The van der Waals surface area contributed by atoms with Crippen molar-refractivity contribution in [3.63, 3.8) is 0 Å². The second-order valence-corrected chi connectivity index (χ2v) is 6.17. The summed E-state index contributed by atoms with van der Waals surface area (Å²) in [4.78, 5) is 0. The molecule has 0 bridgehead atoms. The van der Waals surface area contributed by atoms with Gasteiger partial charge >= 0.3 is 0 Å². The van der Waals surface area contributed by atoms with E-state index >= 15 is 0 Å². The first-order chi connectivity index (χ1) is 7.70. The lowest BCUT2D eigenvalue weighted by Crippen LogP contribution is -2.46. The molecule has 1 rings (SSSR count). The molecular formula is C13H27NOS. The molecule has 1 fully saturated rings. The molecule has 0 aromatic carbocycles. The Morgan fingerprint density at radius 1 is 1.31 bits per heavy atom. The molecular weight excluding hydrogens is 218 g/mol. The van der Waals surface area contributed by atoms with Gasteiger partial charge in [0.2, 0.25) is 0 Å². The van der Waals surface area contributed by atoms with E-state index in [0.717, 1.165) is 32.2 Å². The van der Waals surface area contributed by atoms with Crippen LogP contribution in [0.3, 0.4) is 0 Å². The zero-order valence-corrected chi connectivity index (χ0v) is 11.6. The second kappa shape index (κ2) is 7.57. The van der Waals surface area contributed by atoms with Crippen molar-refractivity contribution in [2.45, 2.75) is 64.0 Å². The molecule has 16 heavy (non-hydrogen) atoms. The minimum atomic E-state index is -0.467. The van der Waals surface area contributed by atoms with Crippen LogP contribution in [0.2, 0.25) is 0 Å². The molecule has 1 aliphatic rings. The maximum absolute atomic E-state index is 10.5. The number of rotatable bonds is 7. The third-order valence-corrected chi connectivity index (χ3v) is 4.53. The second-order valence-electron chi connectivity index (χ2n) is 5.02. The van der Waals surface area contributed by atoms with Gasteiger partial charge in [-0.25, -0.2) is 0 Å². The molecule has 0 radical (unpaired) electrons. The highest BCUT2D eigenvalue weighted by molar-refractivity contribution is 7.99. The Balaban J connectivity index is 2.30. The van der Waals surface area contributed by atoms with Gasteiger partial charge < -0.3 is 10.4 Å². The lowest BCUT2D eigenvalue weighted by atomic mass is 9.92. The summed E-state index contributed by atoms with van der Waals surface area (Å²) in [5.41, 5.74) is -0.467. The molecule has 1 heterocycles. The van der Waals surface area contributed by atoms with Gasteiger partial charge in [0.05, 0.1) is 5.60 Å². The molecule has 3 heteroatoms. The monoisotopic (exact) mass is 245 g/mol. The van der Waals surface area contributed by atoms with E-state index in [1.807, 2.05) is 11.8 Å². The molecule has 1 unspecified atom stereocenters. The fraction of sp³-hybridized carbons (Fsp3) is 1.00. The van der Waals surface area contributed by atoms with Crippen LogP contribution in [0.15, 0.2) is 0 Å². The van der Waals surface area contributed by atoms with Gasteiger partial charge in [0, 0.05) is 18.3 Å². The van der Waals surface area contributed by atoms with Crippen molar-refractivity contribution in [3.05, 3.63) is 0 Å². The van der Waals surface area contributed by atoms with Crippen molar-refractivity contribution in [1.29, 1.82) is 0 Å². The smallest absolute Gasteiger partial charge is 0.0771 e. The van der Waals surface area contributed by atoms with Crippen LogP contribution in [0.25, 0.3) is 0 Å². The summed E-state index contributed by atoms with van der Waals surface area (Å²) in [6.45, 7) is 5.08. The van der Waals surface area contributed by atoms with Crippen LogP contribution in [-0.2, 0) is 0 Å². The third kappa shape index (κ3) is 5.07. The Hall–Kier alpha value is 0.270. The predicted molar refractivity (Wildman–Crippen MR) is 73.1 cm³/mol. The van der Waals surface area contributed by atoms with E-state index in [1.165, 1.54) is 24.3 Å². The molecule has 2 N–H and O–H groups in total. The standard InChI is InChI=1S/C13H27NOS/c1-3-7-13(15,8-4-2)11-14-12-6-5-9-16-10-12/h12,14-15H,3-11H2,1-2H3. The van der Waals surface area contributed by atoms with Crippen LogP contribution in [-0.4, -0.2) is 34.8 Å². The first-order valence-electron chi connectivity index (χ1n) is 6.73. The van der Waals surface area contributed by atoms with Crippen LogP contribution in [0, 0.1) is 0 Å². The summed E-state index contributed by atoms with van der Waals surface area (Å²) in [7, 11) is 0. The normalized spacial score (nSPS) is 22.3. The van der Waals surface area contributed by atoms with E-state index < -0.39 is 5.60 Å². The van der Waals surface area contributed by atoms with E-state index in [2.05, 4.69) is 19.2 Å². The molecule has 2 nitrogen and oxygen atoms in total. The molecule has 0 aromatic heterocycles. The summed E-state index contributed by atoms with van der Waals surface area (Å²) < 4.78 is 0. The Kier molecular flexibility index (Phi) is 6.78. The molecule has 0 spiro atoms. The molecule has 1 aliphatic heterocycles. The number of hydrogen-bond acceptors (Lipinski definition) is 3. The number of nitrogens with one attached hydrogen (secondary N) is 1. The summed E-state index contributed by atoms with van der Waals surface area (Å²) in [5.74, 6) is 2.53. The highest BCUT2D eigenvalue weighted by atomic mass is 32.2. The minimum Gasteiger partial charge on any atom is -0.389 e. The Morgan fingerprint density at radius 2 is 2.00 bits per heavy atom. The maximum Gasteiger partial charge on any atom is 0.0771 e. The van der Waals surface area contributed by atoms with Crippen LogP contribution < -0.4 is 5.32 Å². The van der Waals surface area contributed by atoms with Gasteiger partial charge in [-0.3, -0.25) is 0 Å². The predicted octanol–water partition coefficient (Wildman–Crippen LogP) is 2.80. The molecule has 0 aromatic rings. The quantitative estimate of drug-likeness (QED) is 0.723. The SMILES string of the molecule is CCCC(O)(CCC)CNC1CCCSC1. The van der Waals surface area contributed by atoms with Gasteiger partial charge in [-0.05, 0) is 31.4 Å². The summed E-state index contributed by atoms with van der Waals surface area (Å²) in [6.07, 6.45) is 6.58. The zero-order chi connectivity index (χ0) is 11.9. The zero-order valence-electron chi connectivity index (χ0n) is 10.8. The molecule has 96 valence electrons. The largest absolute Gasteiger partial charge is 0.389 e. The van der Waals surface area contributed by atoms with Gasteiger partial charge in [-0.15, -0.1) is 0 Å². The van der Waals surface area contributed by atoms with Crippen LogP contribution in [0.5, 0.6) is 0 Å². The van der Waals surface area contributed by atoms with Gasteiger partial charge in [0.1, 0.15) is 0 Å². The van der Waals surface area contributed by atoms with Crippen LogP contribution >= 0.6 is 11.8 Å². The fourth-order valence-electron chi connectivity index (χ4n) is 2.47. The Bertz CT molecular complexity index is 175. The Labute approximate surface area is 105 Å². The molecule has 0 saturated carbocycles. The maximum atomic E-state index is 10.5. The number of aliphatic hydroxyl groups is 1. The number of hydrogen-bond donors (Lipinski definition) is 2. The van der Waals surface area contributed by atoms with Crippen molar-refractivity contribution >= 4 is 11.8 Å². The highest BCUT2D eigenvalue weighted by Gasteiger charge is 2.26.